The minimum Gasteiger partial charge on any atom is -0.497 e. The Morgan fingerprint density at radius 2 is 1.70 bits per heavy atom. The normalized spacial score (nSPS) is 10.5. The molecule has 0 saturated heterocycles. The maximum atomic E-state index is 5.69. The third-order valence-electron chi connectivity index (χ3n) is 3.29. The van der Waals surface area contributed by atoms with Crippen LogP contribution >= 0.6 is 15.9 Å². The number of hydrogen-bond donors (Lipinski definition) is 0. The van der Waals surface area contributed by atoms with E-state index in [1.165, 1.54) is 0 Å². The molecule has 0 atom stereocenters. The van der Waals surface area contributed by atoms with Crippen LogP contribution in [0.25, 0.3) is 0 Å². The minimum absolute atomic E-state index is 0.393. The Bertz CT molecular complexity index is 754. The topological polar surface area (TPSA) is 49.2 Å². The zero-order valence-electron chi connectivity index (χ0n) is 12.6. The van der Waals surface area contributed by atoms with Gasteiger partial charge in [0.15, 0.2) is 0 Å². The molecule has 0 saturated carbocycles. The molecule has 5 nitrogen and oxygen atoms in total. The van der Waals surface area contributed by atoms with Gasteiger partial charge in [-0.1, -0.05) is 33.3 Å². The highest BCUT2D eigenvalue weighted by molar-refractivity contribution is 9.10. The molecule has 0 aliphatic heterocycles. The Balaban J connectivity index is 1.57. The summed E-state index contributed by atoms with van der Waals surface area (Å²) in [5, 5.41) is 8.26. The predicted molar refractivity (Wildman–Crippen MR) is 90.6 cm³/mol. The third-order valence-corrected chi connectivity index (χ3v) is 3.82. The van der Waals surface area contributed by atoms with Crippen LogP contribution in [0.1, 0.15) is 11.3 Å². The molecule has 23 heavy (non-hydrogen) atoms. The van der Waals surface area contributed by atoms with E-state index in [9.17, 15) is 0 Å². The summed E-state index contributed by atoms with van der Waals surface area (Å²) in [4.78, 5) is 0. The molecule has 6 heteroatoms. The van der Waals surface area contributed by atoms with Crippen LogP contribution in [0.3, 0.4) is 0 Å². The smallest absolute Gasteiger partial charge is 0.134 e. The maximum Gasteiger partial charge on any atom is 0.134 e. The minimum atomic E-state index is 0.393. The second-order valence-corrected chi connectivity index (χ2v) is 5.91. The number of halogens is 1. The highest BCUT2D eigenvalue weighted by Gasteiger charge is 2.03. The van der Waals surface area contributed by atoms with Gasteiger partial charge in [-0.25, -0.2) is 4.68 Å². The summed E-state index contributed by atoms with van der Waals surface area (Å²) in [6, 6.07) is 15.6. The standard InChI is InChI=1S/C17H16BrN3O2/c1-22-16-6-2-13(3-7-16)10-21-11-15(19-20-21)12-23-17-8-4-14(18)5-9-17/h2-9,11H,10,12H2,1H3. The zero-order valence-corrected chi connectivity index (χ0v) is 14.2. The molecular weight excluding hydrogens is 358 g/mol. The van der Waals surface area contributed by atoms with Crippen LogP contribution in [-0.4, -0.2) is 22.1 Å². The van der Waals surface area contributed by atoms with Gasteiger partial charge in [-0.15, -0.1) is 5.10 Å². The second kappa shape index (κ2) is 7.28. The van der Waals surface area contributed by atoms with Crippen LogP contribution in [0.2, 0.25) is 0 Å². The highest BCUT2D eigenvalue weighted by atomic mass is 79.9. The summed E-state index contributed by atoms with van der Waals surface area (Å²) in [5.74, 6) is 1.65. The lowest BCUT2D eigenvalue weighted by atomic mass is 10.2. The number of rotatable bonds is 6. The number of aromatic nitrogens is 3. The zero-order chi connectivity index (χ0) is 16.1. The molecule has 0 aliphatic carbocycles. The van der Waals surface area contributed by atoms with Gasteiger partial charge in [-0.3, -0.25) is 0 Å². The van der Waals surface area contributed by atoms with Crippen LogP contribution in [-0.2, 0) is 13.2 Å². The molecule has 0 aliphatic rings. The van der Waals surface area contributed by atoms with Crippen molar-refractivity contribution >= 4 is 15.9 Å². The first-order valence-corrected chi connectivity index (χ1v) is 7.92. The van der Waals surface area contributed by atoms with Gasteiger partial charge < -0.3 is 9.47 Å². The van der Waals surface area contributed by atoms with Crippen molar-refractivity contribution in [3.05, 3.63) is 70.5 Å². The molecule has 3 aromatic rings. The van der Waals surface area contributed by atoms with Gasteiger partial charge in [-0.05, 0) is 42.0 Å². The van der Waals surface area contributed by atoms with Crippen LogP contribution in [0, 0.1) is 0 Å². The molecule has 0 N–H and O–H groups in total. The molecule has 0 bridgehead atoms. The fourth-order valence-electron chi connectivity index (χ4n) is 2.09. The highest BCUT2D eigenvalue weighted by Crippen LogP contribution is 2.17. The van der Waals surface area contributed by atoms with E-state index in [4.69, 9.17) is 9.47 Å². The van der Waals surface area contributed by atoms with Crippen molar-refractivity contribution in [1.29, 1.82) is 0 Å². The largest absolute Gasteiger partial charge is 0.497 e. The summed E-state index contributed by atoms with van der Waals surface area (Å²) in [6.45, 7) is 1.06. The quantitative estimate of drug-likeness (QED) is 0.661. The van der Waals surface area contributed by atoms with Crippen molar-refractivity contribution in [3.8, 4) is 11.5 Å². The Kier molecular flexibility index (Phi) is 4.92. The van der Waals surface area contributed by atoms with Crippen LogP contribution in [0.5, 0.6) is 11.5 Å². The second-order valence-electron chi connectivity index (χ2n) is 5.00. The predicted octanol–water partition coefficient (Wildman–Crippen LogP) is 3.68. The van der Waals surface area contributed by atoms with Crippen molar-refractivity contribution in [3.63, 3.8) is 0 Å². The molecular formula is C17H16BrN3O2. The lowest BCUT2D eigenvalue weighted by molar-refractivity contribution is 0.301. The number of methoxy groups -OCH3 is 1. The molecule has 0 fully saturated rings. The van der Waals surface area contributed by atoms with Gasteiger partial charge >= 0.3 is 0 Å². The van der Waals surface area contributed by atoms with E-state index in [0.29, 0.717) is 13.2 Å². The van der Waals surface area contributed by atoms with Gasteiger partial charge in [0.2, 0.25) is 0 Å². The lowest BCUT2D eigenvalue weighted by Crippen LogP contribution is -2.00. The number of ether oxygens (including phenoxy) is 2. The maximum absolute atomic E-state index is 5.69. The first-order valence-electron chi connectivity index (χ1n) is 7.13. The van der Waals surface area contributed by atoms with E-state index in [-0.39, 0.29) is 0 Å². The Labute approximate surface area is 143 Å². The molecule has 0 spiro atoms. The van der Waals surface area contributed by atoms with E-state index < -0.39 is 0 Å². The van der Waals surface area contributed by atoms with Gasteiger partial charge in [0.05, 0.1) is 19.9 Å². The molecule has 118 valence electrons. The van der Waals surface area contributed by atoms with Crippen molar-refractivity contribution in [2.45, 2.75) is 13.2 Å². The van der Waals surface area contributed by atoms with Crippen LogP contribution in [0.15, 0.2) is 59.2 Å². The van der Waals surface area contributed by atoms with Crippen molar-refractivity contribution in [2.24, 2.45) is 0 Å². The van der Waals surface area contributed by atoms with Crippen molar-refractivity contribution in [1.82, 2.24) is 15.0 Å². The molecule has 0 radical (unpaired) electrons. The number of nitrogens with zero attached hydrogens (tertiary/aromatic N) is 3. The summed E-state index contributed by atoms with van der Waals surface area (Å²) >= 11 is 3.40. The van der Waals surface area contributed by atoms with Gasteiger partial charge in [0.1, 0.15) is 23.8 Å². The first-order chi connectivity index (χ1) is 11.2. The Morgan fingerprint density at radius 1 is 1.00 bits per heavy atom. The fourth-order valence-corrected chi connectivity index (χ4v) is 2.35. The van der Waals surface area contributed by atoms with Crippen LogP contribution in [0.4, 0.5) is 0 Å². The number of hydrogen-bond acceptors (Lipinski definition) is 4. The number of benzene rings is 2. The Hall–Kier alpha value is -2.34. The van der Waals surface area contributed by atoms with E-state index in [1.54, 1.807) is 11.8 Å². The molecule has 2 aromatic carbocycles. The lowest BCUT2D eigenvalue weighted by Gasteiger charge is -2.04. The SMILES string of the molecule is COc1ccc(Cn2cc(COc3ccc(Br)cc3)nn2)cc1. The molecule has 0 unspecified atom stereocenters. The molecule has 1 heterocycles. The van der Waals surface area contributed by atoms with Gasteiger partial charge in [0, 0.05) is 4.47 Å². The van der Waals surface area contributed by atoms with E-state index in [0.717, 1.165) is 27.2 Å². The van der Waals surface area contributed by atoms with E-state index in [1.807, 2.05) is 54.7 Å². The van der Waals surface area contributed by atoms with Gasteiger partial charge in [0.25, 0.3) is 0 Å². The summed E-state index contributed by atoms with van der Waals surface area (Å²) in [5.41, 5.74) is 1.93. The summed E-state index contributed by atoms with van der Waals surface area (Å²) < 4.78 is 13.7. The molecule has 3 rings (SSSR count). The summed E-state index contributed by atoms with van der Waals surface area (Å²) in [6.07, 6.45) is 1.89. The molecule has 0 amide bonds. The third kappa shape index (κ3) is 4.32. The Morgan fingerprint density at radius 3 is 2.39 bits per heavy atom. The molecule has 1 aromatic heterocycles. The average Bonchev–Trinajstić information content (AvgIpc) is 3.02. The monoisotopic (exact) mass is 373 g/mol. The van der Waals surface area contributed by atoms with E-state index in [2.05, 4.69) is 26.2 Å². The average molecular weight is 374 g/mol. The van der Waals surface area contributed by atoms with Gasteiger partial charge in [-0.2, -0.15) is 0 Å². The van der Waals surface area contributed by atoms with E-state index >= 15 is 0 Å². The van der Waals surface area contributed by atoms with Crippen LogP contribution < -0.4 is 9.47 Å². The fraction of sp³-hybridized carbons (Fsp3) is 0.176. The van der Waals surface area contributed by atoms with Crippen molar-refractivity contribution < 1.29 is 9.47 Å². The van der Waals surface area contributed by atoms with Crippen molar-refractivity contribution in [2.75, 3.05) is 7.11 Å². The first kappa shape index (κ1) is 15.6. The summed E-state index contributed by atoms with van der Waals surface area (Å²) in [7, 11) is 1.66.